The Bertz CT molecular complexity index is 1470. The zero-order valence-electron chi connectivity index (χ0n) is 21.1. The summed E-state index contributed by atoms with van der Waals surface area (Å²) in [5.41, 5.74) is 3.19. The number of allylic oxidation sites excluding steroid dienone is 1. The normalized spacial score (nSPS) is 21.9. The van der Waals surface area contributed by atoms with Crippen molar-refractivity contribution in [3.63, 3.8) is 0 Å². The predicted octanol–water partition coefficient (Wildman–Crippen LogP) is 4.69. The summed E-state index contributed by atoms with van der Waals surface area (Å²) in [6.07, 6.45) is 0.586. The van der Waals surface area contributed by atoms with Crippen molar-refractivity contribution < 1.29 is 31.1 Å². The molecule has 0 aliphatic heterocycles. The number of benzene rings is 1. The Kier molecular flexibility index (Phi) is 7.15. The van der Waals surface area contributed by atoms with Crippen LogP contribution in [0.5, 0.6) is 0 Å². The number of hydrogen-bond acceptors (Lipinski definition) is 5. The number of alkyl halides is 3. The van der Waals surface area contributed by atoms with Gasteiger partial charge in [0.2, 0.25) is 10.0 Å². The van der Waals surface area contributed by atoms with Crippen LogP contribution >= 0.6 is 0 Å². The van der Waals surface area contributed by atoms with E-state index in [1.54, 1.807) is 35.1 Å². The maximum Gasteiger partial charge on any atom is 0.404 e. The van der Waals surface area contributed by atoms with Crippen LogP contribution in [0.15, 0.2) is 60.4 Å². The first kappa shape index (κ1) is 27.5. The number of nitrogens with zero attached hydrogens (tertiary/aromatic N) is 4. The second kappa shape index (κ2) is 10.1. The molecule has 7 nitrogen and oxygen atoms in total. The number of halogens is 4. The molecular weight excluding hydrogens is 536 g/mol. The zero-order chi connectivity index (χ0) is 28.0. The SMILES string of the molecule is C[C@]12Cc3cnn(-c4ccc(F)cc4)c3C=C1CCC2CN(CC(O)c1ccccn1)S(=O)(=O)CC(F)(F)F. The molecule has 2 aromatic heterocycles. The molecule has 1 fully saturated rings. The van der Waals surface area contributed by atoms with Crippen LogP contribution in [0.25, 0.3) is 11.8 Å². The number of sulfonamides is 1. The summed E-state index contributed by atoms with van der Waals surface area (Å²) in [5.74, 6) is -2.65. The first-order valence-electron chi connectivity index (χ1n) is 12.5. The monoisotopic (exact) mass is 564 g/mol. The van der Waals surface area contributed by atoms with Gasteiger partial charge < -0.3 is 5.11 Å². The van der Waals surface area contributed by atoms with E-state index in [1.807, 2.05) is 13.0 Å². The molecule has 2 aliphatic rings. The van der Waals surface area contributed by atoms with Gasteiger partial charge in [-0.1, -0.05) is 18.6 Å². The summed E-state index contributed by atoms with van der Waals surface area (Å²) >= 11 is 0. The average molecular weight is 565 g/mol. The van der Waals surface area contributed by atoms with Crippen LogP contribution in [0, 0.1) is 17.2 Å². The van der Waals surface area contributed by atoms with E-state index in [0.29, 0.717) is 24.9 Å². The van der Waals surface area contributed by atoms with E-state index in [4.69, 9.17) is 0 Å². The van der Waals surface area contributed by atoms with Gasteiger partial charge in [0, 0.05) is 19.3 Å². The number of hydrogen-bond donors (Lipinski definition) is 1. The number of aliphatic hydroxyl groups is 1. The van der Waals surface area contributed by atoms with Crippen molar-refractivity contribution in [2.75, 3.05) is 18.8 Å². The molecule has 1 N–H and O–H groups in total. The van der Waals surface area contributed by atoms with E-state index in [1.165, 1.54) is 24.4 Å². The second-order valence-corrected chi connectivity index (χ2v) is 12.4. The summed E-state index contributed by atoms with van der Waals surface area (Å²) in [5, 5.41) is 15.2. The van der Waals surface area contributed by atoms with E-state index in [9.17, 15) is 31.1 Å². The van der Waals surface area contributed by atoms with Gasteiger partial charge in [-0.15, -0.1) is 0 Å². The van der Waals surface area contributed by atoms with Crippen LogP contribution in [-0.4, -0.2) is 57.6 Å². The van der Waals surface area contributed by atoms with Gasteiger partial charge in [0.15, 0.2) is 5.75 Å². The van der Waals surface area contributed by atoms with E-state index < -0.39 is 40.0 Å². The van der Waals surface area contributed by atoms with Crippen LogP contribution in [0.2, 0.25) is 0 Å². The molecule has 1 saturated carbocycles. The molecule has 0 saturated heterocycles. The minimum Gasteiger partial charge on any atom is -0.385 e. The van der Waals surface area contributed by atoms with E-state index in [0.717, 1.165) is 21.1 Å². The number of aromatic nitrogens is 3. The van der Waals surface area contributed by atoms with Gasteiger partial charge in [-0.3, -0.25) is 4.98 Å². The Morgan fingerprint density at radius 1 is 1.21 bits per heavy atom. The van der Waals surface area contributed by atoms with Crippen molar-refractivity contribution in [2.45, 2.75) is 38.5 Å². The third kappa shape index (κ3) is 5.64. The zero-order valence-corrected chi connectivity index (χ0v) is 22.0. The highest BCUT2D eigenvalue weighted by Gasteiger charge is 2.48. The molecule has 0 bridgehead atoms. The molecule has 1 aromatic carbocycles. The molecule has 0 spiro atoms. The maximum absolute atomic E-state index is 13.4. The third-order valence-electron chi connectivity index (χ3n) is 7.79. The van der Waals surface area contributed by atoms with Gasteiger partial charge in [0.05, 0.1) is 23.3 Å². The fourth-order valence-electron chi connectivity index (χ4n) is 5.72. The van der Waals surface area contributed by atoms with Gasteiger partial charge in [0.25, 0.3) is 0 Å². The molecule has 0 amide bonds. The van der Waals surface area contributed by atoms with Gasteiger partial charge in [-0.2, -0.15) is 22.6 Å². The summed E-state index contributed by atoms with van der Waals surface area (Å²) in [7, 11) is -4.78. The Morgan fingerprint density at radius 3 is 2.62 bits per heavy atom. The van der Waals surface area contributed by atoms with Gasteiger partial charge >= 0.3 is 6.18 Å². The third-order valence-corrected chi connectivity index (χ3v) is 9.57. The molecule has 3 aromatic rings. The average Bonchev–Trinajstić information content (AvgIpc) is 3.41. The van der Waals surface area contributed by atoms with E-state index >= 15 is 0 Å². The largest absolute Gasteiger partial charge is 0.404 e. The van der Waals surface area contributed by atoms with Crippen molar-refractivity contribution in [1.29, 1.82) is 0 Å². The molecule has 2 aliphatic carbocycles. The van der Waals surface area contributed by atoms with Crippen molar-refractivity contribution in [2.24, 2.45) is 11.3 Å². The lowest BCUT2D eigenvalue weighted by molar-refractivity contribution is -0.107. The van der Waals surface area contributed by atoms with Gasteiger partial charge in [0.1, 0.15) is 11.9 Å². The predicted molar refractivity (Wildman–Crippen MR) is 137 cm³/mol. The number of fused-ring (bicyclic) bond motifs is 2. The highest BCUT2D eigenvalue weighted by Crippen LogP contribution is 2.53. The molecule has 39 heavy (non-hydrogen) atoms. The minimum absolute atomic E-state index is 0.169. The van der Waals surface area contributed by atoms with Crippen LogP contribution in [0.4, 0.5) is 17.6 Å². The lowest BCUT2D eigenvalue weighted by atomic mass is 9.70. The molecule has 2 unspecified atom stereocenters. The Balaban J connectivity index is 1.42. The highest BCUT2D eigenvalue weighted by molar-refractivity contribution is 7.89. The molecule has 0 radical (unpaired) electrons. The molecular formula is C27H28F4N4O3S. The van der Waals surface area contributed by atoms with Gasteiger partial charge in [-0.25, -0.2) is 17.5 Å². The molecule has 5 rings (SSSR count). The smallest absolute Gasteiger partial charge is 0.385 e. The van der Waals surface area contributed by atoms with Crippen LogP contribution in [0.1, 0.15) is 42.8 Å². The Labute approximate surface area is 223 Å². The summed E-state index contributed by atoms with van der Waals surface area (Å²) < 4.78 is 81.6. The Morgan fingerprint density at radius 2 is 1.95 bits per heavy atom. The first-order valence-corrected chi connectivity index (χ1v) is 14.1. The van der Waals surface area contributed by atoms with E-state index in [-0.39, 0.29) is 24.0 Å². The minimum atomic E-state index is -4.92. The first-order chi connectivity index (χ1) is 18.4. The molecule has 3 atom stereocenters. The van der Waals surface area contributed by atoms with Crippen LogP contribution < -0.4 is 0 Å². The summed E-state index contributed by atoms with van der Waals surface area (Å²) in [4.78, 5) is 4.02. The van der Waals surface area contributed by atoms with Crippen molar-refractivity contribution in [1.82, 2.24) is 19.1 Å². The molecule has 2 heterocycles. The highest BCUT2D eigenvalue weighted by atomic mass is 32.2. The maximum atomic E-state index is 13.4. The lowest BCUT2D eigenvalue weighted by Gasteiger charge is -2.38. The van der Waals surface area contributed by atoms with Crippen molar-refractivity contribution >= 4 is 16.1 Å². The van der Waals surface area contributed by atoms with Crippen molar-refractivity contribution in [3.05, 3.63) is 83.2 Å². The molecule has 12 heteroatoms. The van der Waals surface area contributed by atoms with Gasteiger partial charge in [-0.05, 0) is 78.6 Å². The van der Waals surface area contributed by atoms with Crippen LogP contribution in [0.3, 0.4) is 0 Å². The quantitative estimate of drug-likeness (QED) is 0.401. The fraction of sp³-hybridized carbons (Fsp3) is 0.407. The number of aliphatic hydroxyl groups excluding tert-OH is 1. The fourth-order valence-corrected chi connectivity index (χ4v) is 7.09. The summed E-state index contributed by atoms with van der Waals surface area (Å²) in [6.45, 7) is 1.30. The lowest BCUT2D eigenvalue weighted by Crippen LogP contribution is -2.45. The van der Waals surface area contributed by atoms with Crippen LogP contribution in [-0.2, 0) is 16.4 Å². The van der Waals surface area contributed by atoms with E-state index in [2.05, 4.69) is 10.1 Å². The number of pyridine rings is 1. The standard InChI is InChI=1S/C27H28F4N4O3S/c1-26-13-18-14-33-35(22-9-7-21(28)8-10-22)24(18)12-19(26)5-6-20(26)15-34(39(37,38)17-27(29,30)31)16-25(36)23-4-2-3-11-32-23/h2-4,7-12,14,20,25,36H,5-6,13,15-17H2,1H3/t20?,25?,26-/m0/s1. The topological polar surface area (TPSA) is 88.3 Å². The number of rotatable bonds is 8. The van der Waals surface area contributed by atoms with Crippen molar-refractivity contribution in [3.8, 4) is 5.69 Å². The Hall–Kier alpha value is -3.09. The second-order valence-electron chi connectivity index (χ2n) is 10.4. The molecule has 208 valence electrons. The summed E-state index contributed by atoms with van der Waals surface area (Å²) in [6, 6.07) is 10.7.